The summed E-state index contributed by atoms with van der Waals surface area (Å²) in [5.41, 5.74) is 4.17. The van der Waals surface area contributed by atoms with Gasteiger partial charge >= 0.3 is 0 Å². The van der Waals surface area contributed by atoms with E-state index in [1.165, 1.54) is 12.1 Å². The molecule has 0 aliphatic carbocycles. The average Bonchev–Trinajstić information content (AvgIpc) is 3.11. The Labute approximate surface area is 180 Å². The number of amides is 1. The molecule has 1 amide bonds. The maximum absolute atomic E-state index is 13.2. The first kappa shape index (κ1) is 20.2. The second-order valence-corrected chi connectivity index (χ2v) is 7.70. The molecule has 152 valence electrons. The molecular weight excluding hydrogens is 399 g/mol. The molecule has 0 radical (unpaired) electrons. The molecule has 0 aliphatic rings. The monoisotopic (exact) mass is 420 g/mol. The maximum atomic E-state index is 13.2. The Morgan fingerprint density at radius 1 is 0.933 bits per heavy atom. The van der Waals surface area contributed by atoms with E-state index in [9.17, 15) is 9.18 Å². The van der Waals surface area contributed by atoms with Crippen molar-refractivity contribution in [1.82, 2.24) is 9.88 Å². The number of hydrogen-bond donors (Lipinski definition) is 1. The Kier molecular flexibility index (Phi) is 6.15. The van der Waals surface area contributed by atoms with E-state index in [2.05, 4.69) is 28.2 Å². The largest absolute Gasteiger partial charge is 0.352 e. The number of nitrogens with one attached hydrogen (secondary N) is 1. The average molecular weight is 421 g/mol. The summed E-state index contributed by atoms with van der Waals surface area (Å²) in [5, 5.41) is 4.74. The molecule has 0 atom stereocenters. The van der Waals surface area contributed by atoms with Gasteiger partial charge in [-0.15, -0.1) is 0 Å². The van der Waals surface area contributed by atoms with Crippen LogP contribution in [-0.4, -0.2) is 10.5 Å². The molecule has 0 bridgehead atoms. The van der Waals surface area contributed by atoms with Crippen molar-refractivity contribution in [2.24, 2.45) is 0 Å². The highest BCUT2D eigenvalue weighted by molar-refractivity contribution is 6.31. The Morgan fingerprint density at radius 3 is 2.47 bits per heavy atom. The topological polar surface area (TPSA) is 34.0 Å². The van der Waals surface area contributed by atoms with Gasteiger partial charge in [-0.2, -0.15) is 0 Å². The van der Waals surface area contributed by atoms with Crippen molar-refractivity contribution in [3.05, 3.63) is 107 Å². The lowest BCUT2D eigenvalue weighted by Crippen LogP contribution is -2.23. The summed E-state index contributed by atoms with van der Waals surface area (Å²) >= 11 is 6.15. The van der Waals surface area contributed by atoms with Crippen molar-refractivity contribution in [2.45, 2.75) is 25.9 Å². The van der Waals surface area contributed by atoms with Crippen LogP contribution in [0.15, 0.2) is 79.0 Å². The van der Waals surface area contributed by atoms with Gasteiger partial charge in [0.2, 0.25) is 5.91 Å². The van der Waals surface area contributed by atoms with Crippen molar-refractivity contribution in [2.75, 3.05) is 0 Å². The van der Waals surface area contributed by atoms with E-state index in [-0.39, 0.29) is 11.7 Å². The van der Waals surface area contributed by atoms with E-state index in [0.29, 0.717) is 31.0 Å². The van der Waals surface area contributed by atoms with Crippen LogP contribution in [0.25, 0.3) is 10.9 Å². The molecule has 30 heavy (non-hydrogen) atoms. The molecule has 0 unspecified atom stereocenters. The van der Waals surface area contributed by atoms with E-state index >= 15 is 0 Å². The van der Waals surface area contributed by atoms with Gasteiger partial charge in [0.25, 0.3) is 0 Å². The van der Waals surface area contributed by atoms with Gasteiger partial charge in [-0.25, -0.2) is 4.39 Å². The molecule has 1 heterocycles. The highest BCUT2D eigenvalue weighted by atomic mass is 35.5. The number of benzene rings is 3. The zero-order chi connectivity index (χ0) is 20.9. The van der Waals surface area contributed by atoms with Crippen molar-refractivity contribution < 1.29 is 9.18 Å². The van der Waals surface area contributed by atoms with Crippen molar-refractivity contribution in [3.8, 4) is 0 Å². The SMILES string of the molecule is O=C(CCc1cn(Cc2ccc(F)cc2)c2ccccc12)NCc1ccccc1Cl. The highest BCUT2D eigenvalue weighted by Crippen LogP contribution is 2.24. The van der Waals surface area contributed by atoms with Gasteiger partial charge in [0, 0.05) is 41.6 Å². The number of aryl methyl sites for hydroxylation is 1. The second kappa shape index (κ2) is 9.14. The molecule has 0 saturated heterocycles. The van der Waals surface area contributed by atoms with Gasteiger partial charge in [-0.05, 0) is 47.4 Å². The van der Waals surface area contributed by atoms with Gasteiger partial charge < -0.3 is 9.88 Å². The van der Waals surface area contributed by atoms with Crippen molar-refractivity contribution in [1.29, 1.82) is 0 Å². The lowest BCUT2D eigenvalue weighted by molar-refractivity contribution is -0.121. The molecule has 1 aromatic heterocycles. The molecule has 0 fully saturated rings. The number of halogens is 2. The summed E-state index contributed by atoms with van der Waals surface area (Å²) in [4.78, 5) is 12.4. The molecule has 0 aliphatic heterocycles. The number of aromatic nitrogens is 1. The number of carbonyl (C=O) groups is 1. The zero-order valence-electron chi connectivity index (χ0n) is 16.4. The molecule has 1 N–H and O–H groups in total. The van der Waals surface area contributed by atoms with Gasteiger partial charge in [-0.1, -0.05) is 60.1 Å². The fourth-order valence-corrected chi connectivity index (χ4v) is 3.81. The lowest BCUT2D eigenvalue weighted by atomic mass is 10.1. The predicted octanol–water partition coefficient (Wildman–Crippen LogP) is 5.73. The molecular formula is C25H22ClFN2O. The summed E-state index contributed by atoms with van der Waals surface area (Å²) in [7, 11) is 0. The number of para-hydroxylation sites is 1. The first-order valence-electron chi connectivity index (χ1n) is 9.91. The van der Waals surface area contributed by atoms with Crippen molar-refractivity contribution >= 4 is 28.4 Å². The minimum absolute atomic E-state index is 0.00899. The summed E-state index contributed by atoms with van der Waals surface area (Å²) < 4.78 is 15.4. The van der Waals surface area contributed by atoms with E-state index in [1.54, 1.807) is 12.1 Å². The molecule has 0 spiro atoms. The Morgan fingerprint density at radius 2 is 1.67 bits per heavy atom. The number of fused-ring (bicyclic) bond motifs is 1. The summed E-state index contributed by atoms with van der Waals surface area (Å²) in [6, 6.07) is 22.2. The van der Waals surface area contributed by atoms with Gasteiger partial charge in [0.1, 0.15) is 5.82 Å². The van der Waals surface area contributed by atoms with Gasteiger partial charge in [0.15, 0.2) is 0 Å². The summed E-state index contributed by atoms with van der Waals surface area (Å²) in [6.07, 6.45) is 3.13. The molecule has 3 aromatic carbocycles. The van der Waals surface area contributed by atoms with E-state index in [0.717, 1.165) is 27.6 Å². The number of nitrogens with zero attached hydrogens (tertiary/aromatic N) is 1. The Bertz CT molecular complexity index is 1170. The summed E-state index contributed by atoms with van der Waals surface area (Å²) in [5.74, 6) is -0.245. The van der Waals surface area contributed by atoms with E-state index in [4.69, 9.17) is 11.6 Å². The van der Waals surface area contributed by atoms with Crippen LogP contribution >= 0.6 is 11.6 Å². The highest BCUT2D eigenvalue weighted by Gasteiger charge is 2.11. The molecule has 4 rings (SSSR count). The summed E-state index contributed by atoms with van der Waals surface area (Å²) in [6.45, 7) is 1.07. The molecule has 5 heteroatoms. The first-order chi connectivity index (χ1) is 14.6. The zero-order valence-corrected chi connectivity index (χ0v) is 17.2. The lowest BCUT2D eigenvalue weighted by Gasteiger charge is -2.07. The third-order valence-electron chi connectivity index (χ3n) is 5.19. The third-order valence-corrected chi connectivity index (χ3v) is 5.56. The van der Waals surface area contributed by atoms with Crippen LogP contribution in [0.2, 0.25) is 5.02 Å². The van der Waals surface area contributed by atoms with Crippen LogP contribution in [0, 0.1) is 5.82 Å². The van der Waals surface area contributed by atoms with Gasteiger partial charge in [-0.3, -0.25) is 4.79 Å². The van der Waals surface area contributed by atoms with Crippen LogP contribution in [0.4, 0.5) is 4.39 Å². The smallest absolute Gasteiger partial charge is 0.220 e. The maximum Gasteiger partial charge on any atom is 0.220 e. The Balaban J connectivity index is 1.44. The molecule has 4 aromatic rings. The first-order valence-corrected chi connectivity index (χ1v) is 10.3. The van der Waals surface area contributed by atoms with Crippen molar-refractivity contribution in [3.63, 3.8) is 0 Å². The van der Waals surface area contributed by atoms with E-state index < -0.39 is 0 Å². The van der Waals surface area contributed by atoms with Crippen LogP contribution in [0.1, 0.15) is 23.1 Å². The van der Waals surface area contributed by atoms with Crippen LogP contribution in [0.3, 0.4) is 0 Å². The Hall–Kier alpha value is -3.11. The number of rotatable bonds is 7. The van der Waals surface area contributed by atoms with Crippen LogP contribution < -0.4 is 5.32 Å². The fourth-order valence-electron chi connectivity index (χ4n) is 3.61. The van der Waals surface area contributed by atoms with Crippen LogP contribution in [-0.2, 0) is 24.3 Å². The van der Waals surface area contributed by atoms with Crippen LogP contribution in [0.5, 0.6) is 0 Å². The fraction of sp³-hybridized carbons (Fsp3) is 0.160. The minimum atomic E-state index is -0.236. The number of hydrogen-bond acceptors (Lipinski definition) is 1. The minimum Gasteiger partial charge on any atom is -0.352 e. The quantitative estimate of drug-likeness (QED) is 0.407. The molecule has 0 saturated carbocycles. The predicted molar refractivity (Wildman–Crippen MR) is 119 cm³/mol. The standard InChI is InChI=1S/C25H22ClFN2O/c26-23-7-3-1-5-19(23)15-28-25(30)14-11-20-17-29(24-8-4-2-6-22(20)24)16-18-9-12-21(27)13-10-18/h1-10,12-13,17H,11,14-16H2,(H,28,30). The normalized spacial score (nSPS) is 11.0. The second-order valence-electron chi connectivity index (χ2n) is 7.29. The molecule has 3 nitrogen and oxygen atoms in total. The third kappa shape index (κ3) is 4.71. The van der Waals surface area contributed by atoms with Gasteiger partial charge in [0.05, 0.1) is 0 Å². The number of carbonyl (C=O) groups excluding carboxylic acids is 1. The van der Waals surface area contributed by atoms with E-state index in [1.807, 2.05) is 36.4 Å².